The van der Waals surface area contributed by atoms with E-state index in [0.717, 1.165) is 6.07 Å². The topological polar surface area (TPSA) is 46.4 Å². The summed E-state index contributed by atoms with van der Waals surface area (Å²) in [6, 6.07) is 8.43. The number of hydrogen-bond acceptors (Lipinski definition) is 2. The van der Waals surface area contributed by atoms with Gasteiger partial charge < -0.3 is 5.32 Å². The van der Waals surface area contributed by atoms with Crippen LogP contribution in [0.4, 0.5) is 17.6 Å². The van der Waals surface area contributed by atoms with Gasteiger partial charge in [-0.15, -0.1) is 0 Å². The SMILES string of the molecule is Cc1nn2c(C(C)C)c(C(=O)NC3CCc4cc(F)cc(F)c43)ccc2c1-c1c(F)cccc1F. The summed E-state index contributed by atoms with van der Waals surface area (Å²) in [6.07, 6.45) is 0.916. The molecule has 4 aromatic rings. The van der Waals surface area contributed by atoms with Crippen molar-refractivity contribution in [3.63, 3.8) is 0 Å². The van der Waals surface area contributed by atoms with E-state index in [2.05, 4.69) is 10.4 Å². The van der Waals surface area contributed by atoms with Crippen molar-refractivity contribution in [3.8, 4) is 11.1 Å². The number of rotatable bonds is 4. The Kier molecular flexibility index (Phi) is 5.62. The van der Waals surface area contributed by atoms with E-state index in [4.69, 9.17) is 0 Å². The lowest BCUT2D eigenvalue weighted by Gasteiger charge is -2.19. The molecule has 5 rings (SSSR count). The predicted molar refractivity (Wildman–Crippen MR) is 124 cm³/mol. The minimum atomic E-state index is -0.700. The van der Waals surface area contributed by atoms with Crippen molar-refractivity contribution in [1.29, 1.82) is 0 Å². The van der Waals surface area contributed by atoms with Crippen LogP contribution in [0.15, 0.2) is 42.5 Å². The maximum absolute atomic E-state index is 14.6. The summed E-state index contributed by atoms with van der Waals surface area (Å²) >= 11 is 0. The molecule has 1 N–H and O–H groups in total. The number of pyridine rings is 1. The number of carbonyl (C=O) groups is 1. The number of fused-ring (bicyclic) bond motifs is 2. The molecule has 0 bridgehead atoms. The fraction of sp³-hybridized carbons (Fsp3) is 0.259. The van der Waals surface area contributed by atoms with Gasteiger partial charge in [0.2, 0.25) is 0 Å². The van der Waals surface area contributed by atoms with Gasteiger partial charge in [-0.05, 0) is 61.6 Å². The van der Waals surface area contributed by atoms with Gasteiger partial charge in [0.15, 0.2) is 0 Å². The number of nitrogens with zero attached hydrogens (tertiary/aromatic N) is 2. The zero-order chi connectivity index (χ0) is 25.0. The first-order valence-corrected chi connectivity index (χ1v) is 11.4. The predicted octanol–water partition coefficient (Wildman–Crippen LogP) is 6.41. The first kappa shape index (κ1) is 23.1. The van der Waals surface area contributed by atoms with Gasteiger partial charge in [-0.1, -0.05) is 19.9 Å². The van der Waals surface area contributed by atoms with Gasteiger partial charge in [0.25, 0.3) is 5.91 Å². The Hall–Kier alpha value is -3.68. The third-order valence-corrected chi connectivity index (χ3v) is 6.55. The van der Waals surface area contributed by atoms with E-state index in [0.29, 0.717) is 52.0 Å². The van der Waals surface area contributed by atoms with E-state index in [9.17, 15) is 22.4 Å². The van der Waals surface area contributed by atoms with E-state index in [1.165, 1.54) is 24.3 Å². The van der Waals surface area contributed by atoms with Crippen LogP contribution < -0.4 is 5.32 Å². The number of halogens is 4. The Bertz CT molecular complexity index is 1470. The largest absolute Gasteiger partial charge is 0.345 e. The zero-order valence-electron chi connectivity index (χ0n) is 19.4. The molecule has 4 nitrogen and oxygen atoms in total. The van der Waals surface area contributed by atoms with Crippen molar-refractivity contribution in [3.05, 3.63) is 93.8 Å². The van der Waals surface area contributed by atoms with Gasteiger partial charge in [-0.2, -0.15) is 5.10 Å². The summed E-state index contributed by atoms with van der Waals surface area (Å²) in [5.41, 5.74) is 2.78. The summed E-state index contributed by atoms with van der Waals surface area (Å²) in [5.74, 6) is -3.32. The fourth-order valence-corrected chi connectivity index (χ4v) is 5.10. The molecule has 0 spiro atoms. The molecule has 1 amide bonds. The van der Waals surface area contributed by atoms with Crippen molar-refractivity contribution in [2.24, 2.45) is 0 Å². The number of nitrogens with one attached hydrogen (secondary N) is 1. The van der Waals surface area contributed by atoms with Gasteiger partial charge in [-0.25, -0.2) is 22.1 Å². The lowest BCUT2D eigenvalue weighted by molar-refractivity contribution is 0.0934. The highest BCUT2D eigenvalue weighted by Crippen LogP contribution is 2.36. The molecule has 180 valence electrons. The second-order valence-electron chi connectivity index (χ2n) is 9.17. The summed E-state index contributed by atoms with van der Waals surface area (Å²) in [7, 11) is 0. The van der Waals surface area contributed by atoms with Crippen LogP contribution in [0.3, 0.4) is 0 Å². The number of hydrogen-bond donors (Lipinski definition) is 1. The molecule has 0 saturated heterocycles. The van der Waals surface area contributed by atoms with Crippen LogP contribution in [-0.2, 0) is 6.42 Å². The minimum Gasteiger partial charge on any atom is -0.345 e. The highest BCUT2D eigenvalue weighted by atomic mass is 19.1. The Balaban J connectivity index is 1.59. The lowest BCUT2D eigenvalue weighted by atomic mass is 9.99. The second-order valence-corrected chi connectivity index (χ2v) is 9.17. The molecule has 2 aromatic heterocycles. The average molecular weight is 481 g/mol. The molecule has 8 heteroatoms. The van der Waals surface area contributed by atoms with Gasteiger partial charge >= 0.3 is 0 Å². The lowest BCUT2D eigenvalue weighted by Crippen LogP contribution is -2.29. The number of benzene rings is 2. The van der Waals surface area contributed by atoms with Crippen LogP contribution in [-0.4, -0.2) is 15.5 Å². The fourth-order valence-electron chi connectivity index (χ4n) is 5.10. The van der Waals surface area contributed by atoms with Crippen molar-refractivity contribution >= 4 is 11.4 Å². The molecule has 2 aromatic carbocycles. The van der Waals surface area contributed by atoms with Gasteiger partial charge in [0.1, 0.15) is 23.3 Å². The molecular formula is C27H23F4N3O. The molecule has 1 atom stereocenters. The van der Waals surface area contributed by atoms with E-state index in [-0.39, 0.29) is 11.5 Å². The normalized spacial score (nSPS) is 15.1. The molecule has 35 heavy (non-hydrogen) atoms. The maximum atomic E-state index is 14.6. The Morgan fingerprint density at radius 1 is 1.03 bits per heavy atom. The molecular weight excluding hydrogens is 458 g/mol. The van der Waals surface area contributed by atoms with Crippen molar-refractivity contribution in [2.75, 3.05) is 0 Å². The molecule has 0 saturated carbocycles. The Morgan fingerprint density at radius 2 is 1.74 bits per heavy atom. The van der Waals surface area contributed by atoms with Crippen molar-refractivity contribution < 1.29 is 22.4 Å². The van der Waals surface area contributed by atoms with Crippen molar-refractivity contribution in [2.45, 2.75) is 45.6 Å². The Labute approximate surface area is 199 Å². The summed E-state index contributed by atoms with van der Waals surface area (Å²) in [5, 5.41) is 7.41. The number of aryl methyl sites for hydroxylation is 2. The van der Waals surface area contributed by atoms with Gasteiger partial charge in [0, 0.05) is 17.2 Å². The average Bonchev–Trinajstić information content (AvgIpc) is 3.33. The molecule has 1 unspecified atom stereocenters. The number of amides is 1. The third kappa shape index (κ3) is 3.77. The summed E-state index contributed by atoms with van der Waals surface area (Å²) < 4.78 is 58.8. The smallest absolute Gasteiger partial charge is 0.253 e. The van der Waals surface area contributed by atoms with Crippen molar-refractivity contribution in [1.82, 2.24) is 14.9 Å². The molecule has 0 fully saturated rings. The highest BCUT2D eigenvalue weighted by Gasteiger charge is 2.30. The zero-order valence-corrected chi connectivity index (χ0v) is 19.4. The monoisotopic (exact) mass is 481 g/mol. The standard InChI is InChI=1S/C27H23F4N3O/c1-13(2)26-17(27(35)32-21-9-7-15-11-16(28)12-20(31)24(15)21)8-10-22-23(14(3)33-34(22)26)25-18(29)5-4-6-19(25)30/h4-6,8,10-13,21H,7,9H2,1-3H3,(H,32,35). The molecule has 2 heterocycles. The maximum Gasteiger partial charge on any atom is 0.253 e. The molecule has 0 aliphatic heterocycles. The van der Waals surface area contributed by atoms with Gasteiger partial charge in [-0.3, -0.25) is 4.79 Å². The van der Waals surface area contributed by atoms with Crippen LogP contribution in [0, 0.1) is 30.2 Å². The van der Waals surface area contributed by atoms with Crippen LogP contribution in [0.2, 0.25) is 0 Å². The van der Waals surface area contributed by atoms with Crippen LogP contribution in [0.5, 0.6) is 0 Å². The van der Waals surface area contributed by atoms with E-state index in [1.807, 2.05) is 13.8 Å². The Morgan fingerprint density at radius 3 is 2.43 bits per heavy atom. The highest BCUT2D eigenvalue weighted by molar-refractivity contribution is 5.97. The van der Waals surface area contributed by atoms with Crippen LogP contribution in [0.1, 0.15) is 65.1 Å². The number of carbonyl (C=O) groups excluding carboxylic acids is 1. The van der Waals surface area contributed by atoms with Crippen LogP contribution >= 0.6 is 0 Å². The quantitative estimate of drug-likeness (QED) is 0.343. The van der Waals surface area contributed by atoms with Gasteiger partial charge in [0.05, 0.1) is 34.1 Å². The van der Waals surface area contributed by atoms with E-state index >= 15 is 0 Å². The minimum absolute atomic E-state index is 0.168. The number of aromatic nitrogens is 2. The van der Waals surface area contributed by atoms with Crippen LogP contribution in [0.25, 0.3) is 16.6 Å². The third-order valence-electron chi connectivity index (χ3n) is 6.55. The molecule has 1 aliphatic rings. The summed E-state index contributed by atoms with van der Waals surface area (Å²) in [4.78, 5) is 13.4. The summed E-state index contributed by atoms with van der Waals surface area (Å²) in [6.45, 7) is 5.44. The molecule has 0 radical (unpaired) electrons. The second kappa shape index (κ2) is 8.52. The first-order valence-electron chi connectivity index (χ1n) is 11.4. The molecule has 1 aliphatic carbocycles. The van der Waals surface area contributed by atoms with E-state index < -0.39 is 35.2 Å². The van der Waals surface area contributed by atoms with E-state index in [1.54, 1.807) is 23.6 Å². The first-order chi connectivity index (χ1) is 16.7.